The van der Waals surface area contributed by atoms with E-state index in [9.17, 15) is 0 Å². The minimum Gasteiger partial charge on any atom is -0.356 e. The van der Waals surface area contributed by atoms with Crippen LogP contribution in [0, 0.1) is 5.92 Å². The lowest BCUT2D eigenvalue weighted by Gasteiger charge is -2.17. The third-order valence-corrected chi connectivity index (χ3v) is 3.88. The molecule has 0 atom stereocenters. The highest BCUT2D eigenvalue weighted by Gasteiger charge is 2.20. The molecule has 2 N–H and O–H groups in total. The summed E-state index contributed by atoms with van der Waals surface area (Å²) >= 11 is 0. The summed E-state index contributed by atoms with van der Waals surface area (Å²) in [5, 5.41) is 6.71. The van der Waals surface area contributed by atoms with Gasteiger partial charge in [-0.1, -0.05) is 24.3 Å². The molecule has 0 aromatic heterocycles. The molecular weight excluding hydrogens is 222 g/mol. The molecule has 0 spiro atoms. The summed E-state index contributed by atoms with van der Waals surface area (Å²) in [6, 6.07) is 8.85. The monoisotopic (exact) mass is 243 g/mol. The average Bonchev–Trinajstić information content (AvgIpc) is 2.82. The molecule has 1 aromatic carbocycles. The molecule has 0 unspecified atom stereocenters. The highest BCUT2D eigenvalue weighted by Crippen LogP contribution is 2.28. The fourth-order valence-electron chi connectivity index (χ4n) is 2.90. The Morgan fingerprint density at radius 2 is 2.00 bits per heavy atom. The van der Waals surface area contributed by atoms with Crippen molar-refractivity contribution in [3.05, 3.63) is 35.4 Å². The highest BCUT2D eigenvalue weighted by atomic mass is 15.2. The molecule has 0 fully saturated rings. The fourth-order valence-corrected chi connectivity index (χ4v) is 2.90. The van der Waals surface area contributed by atoms with Crippen molar-refractivity contribution in [3.63, 3.8) is 0 Å². The quantitative estimate of drug-likeness (QED) is 0.848. The Hall–Kier alpha value is -1.51. The van der Waals surface area contributed by atoms with Crippen molar-refractivity contribution in [1.82, 2.24) is 10.6 Å². The lowest BCUT2D eigenvalue weighted by atomic mass is 10.0. The van der Waals surface area contributed by atoms with Crippen LogP contribution in [0.1, 0.15) is 24.0 Å². The molecule has 0 saturated carbocycles. The predicted molar refractivity (Wildman–Crippen MR) is 74.9 cm³/mol. The highest BCUT2D eigenvalue weighted by molar-refractivity contribution is 5.80. The molecule has 1 heterocycles. The van der Waals surface area contributed by atoms with Gasteiger partial charge in [0.05, 0.1) is 0 Å². The fraction of sp³-hybridized carbons (Fsp3) is 0.533. The Morgan fingerprint density at radius 1 is 1.22 bits per heavy atom. The van der Waals surface area contributed by atoms with Crippen molar-refractivity contribution in [3.8, 4) is 0 Å². The molecule has 0 saturated heterocycles. The first-order chi connectivity index (χ1) is 8.92. The van der Waals surface area contributed by atoms with Crippen molar-refractivity contribution in [2.45, 2.75) is 25.7 Å². The van der Waals surface area contributed by atoms with Crippen molar-refractivity contribution >= 4 is 5.96 Å². The molecule has 1 aliphatic carbocycles. The normalized spacial score (nSPS) is 19.0. The van der Waals surface area contributed by atoms with E-state index in [4.69, 9.17) is 0 Å². The molecule has 2 aliphatic rings. The first-order valence-corrected chi connectivity index (χ1v) is 7.01. The number of fused-ring (bicyclic) bond motifs is 1. The lowest BCUT2D eigenvalue weighted by molar-refractivity contribution is 0.507. The predicted octanol–water partition coefficient (Wildman–Crippen LogP) is 1.73. The van der Waals surface area contributed by atoms with Crippen molar-refractivity contribution in [1.29, 1.82) is 0 Å². The standard InChI is InChI=1S/C15H21N3/c1-2-5-14-11-12(10-13(14)4-1)6-9-18-15-16-7-3-8-17-15/h1-2,4-5,12H,3,6-11H2,(H2,16,17,18). The van der Waals surface area contributed by atoms with Crippen LogP contribution in [0.4, 0.5) is 0 Å². The molecule has 1 aromatic rings. The topological polar surface area (TPSA) is 36.4 Å². The van der Waals surface area contributed by atoms with Crippen molar-refractivity contribution < 1.29 is 0 Å². The van der Waals surface area contributed by atoms with E-state index in [1.165, 1.54) is 19.3 Å². The smallest absolute Gasteiger partial charge is 0.191 e. The molecule has 0 amide bonds. The summed E-state index contributed by atoms with van der Waals surface area (Å²) in [6.45, 7) is 3.05. The van der Waals surface area contributed by atoms with Crippen LogP contribution in [0.2, 0.25) is 0 Å². The summed E-state index contributed by atoms with van der Waals surface area (Å²) in [5.41, 5.74) is 3.10. The van der Waals surface area contributed by atoms with Crippen LogP contribution >= 0.6 is 0 Å². The minimum atomic E-state index is 0.805. The Balaban J connectivity index is 1.44. The maximum atomic E-state index is 4.43. The average molecular weight is 243 g/mol. The van der Waals surface area contributed by atoms with Gasteiger partial charge >= 0.3 is 0 Å². The molecule has 1 aliphatic heterocycles. The Kier molecular flexibility index (Phi) is 3.49. The van der Waals surface area contributed by atoms with E-state index in [1.807, 2.05) is 0 Å². The zero-order valence-electron chi connectivity index (χ0n) is 10.8. The third kappa shape index (κ3) is 2.66. The summed E-state index contributed by atoms with van der Waals surface area (Å²) in [5.74, 6) is 1.80. The minimum absolute atomic E-state index is 0.805. The molecular formula is C15H21N3. The van der Waals surface area contributed by atoms with Gasteiger partial charge in [0.15, 0.2) is 5.96 Å². The number of hydrogen-bond donors (Lipinski definition) is 2. The van der Waals surface area contributed by atoms with Gasteiger partial charge in [0, 0.05) is 19.6 Å². The number of guanidine groups is 1. The number of hydrogen-bond acceptors (Lipinski definition) is 3. The summed E-state index contributed by atoms with van der Waals surface area (Å²) in [4.78, 5) is 4.43. The first kappa shape index (κ1) is 11.6. The number of aliphatic imine (C=N–C) groups is 1. The maximum absolute atomic E-state index is 4.43. The number of rotatable bonds is 3. The van der Waals surface area contributed by atoms with Crippen molar-refractivity contribution in [2.75, 3.05) is 19.6 Å². The molecule has 18 heavy (non-hydrogen) atoms. The van der Waals surface area contributed by atoms with Gasteiger partial charge in [-0.2, -0.15) is 0 Å². The molecule has 96 valence electrons. The lowest BCUT2D eigenvalue weighted by Crippen LogP contribution is -2.41. The van der Waals surface area contributed by atoms with Crippen LogP contribution in [-0.2, 0) is 12.8 Å². The second kappa shape index (κ2) is 5.42. The van der Waals surface area contributed by atoms with Gasteiger partial charge in [0.1, 0.15) is 0 Å². The van der Waals surface area contributed by atoms with Crippen LogP contribution < -0.4 is 10.6 Å². The Bertz CT molecular complexity index is 414. The van der Waals surface area contributed by atoms with E-state index >= 15 is 0 Å². The van der Waals surface area contributed by atoms with Gasteiger partial charge in [-0.05, 0) is 42.7 Å². The van der Waals surface area contributed by atoms with Gasteiger partial charge in [-0.15, -0.1) is 0 Å². The number of nitrogens with one attached hydrogen (secondary N) is 2. The maximum Gasteiger partial charge on any atom is 0.191 e. The van der Waals surface area contributed by atoms with Crippen LogP contribution in [0.25, 0.3) is 0 Å². The van der Waals surface area contributed by atoms with E-state index in [1.54, 1.807) is 11.1 Å². The Morgan fingerprint density at radius 3 is 2.67 bits per heavy atom. The van der Waals surface area contributed by atoms with Gasteiger partial charge in [-0.25, -0.2) is 0 Å². The van der Waals surface area contributed by atoms with E-state index in [0.29, 0.717) is 0 Å². The van der Waals surface area contributed by atoms with Crippen LogP contribution in [-0.4, -0.2) is 25.6 Å². The van der Waals surface area contributed by atoms with E-state index < -0.39 is 0 Å². The van der Waals surface area contributed by atoms with Gasteiger partial charge in [-0.3, -0.25) is 4.99 Å². The molecule has 3 rings (SSSR count). The van der Waals surface area contributed by atoms with Crippen LogP contribution in [0.3, 0.4) is 0 Å². The summed E-state index contributed by atoms with van der Waals surface area (Å²) in [7, 11) is 0. The zero-order valence-corrected chi connectivity index (χ0v) is 10.8. The first-order valence-electron chi connectivity index (χ1n) is 7.01. The third-order valence-electron chi connectivity index (χ3n) is 3.88. The van der Waals surface area contributed by atoms with Gasteiger partial charge < -0.3 is 10.6 Å². The summed E-state index contributed by atoms with van der Waals surface area (Å²) in [6.07, 6.45) is 4.88. The van der Waals surface area contributed by atoms with E-state index in [2.05, 4.69) is 39.9 Å². The zero-order chi connectivity index (χ0) is 12.2. The van der Waals surface area contributed by atoms with Gasteiger partial charge in [0.2, 0.25) is 0 Å². The summed E-state index contributed by atoms with van der Waals surface area (Å²) < 4.78 is 0. The van der Waals surface area contributed by atoms with Crippen LogP contribution in [0.15, 0.2) is 29.3 Å². The van der Waals surface area contributed by atoms with Crippen molar-refractivity contribution in [2.24, 2.45) is 10.9 Å². The number of benzene rings is 1. The van der Waals surface area contributed by atoms with Gasteiger partial charge in [0.25, 0.3) is 0 Å². The van der Waals surface area contributed by atoms with E-state index in [-0.39, 0.29) is 0 Å². The van der Waals surface area contributed by atoms with E-state index in [0.717, 1.165) is 37.9 Å². The second-order valence-electron chi connectivity index (χ2n) is 5.27. The number of nitrogens with zero attached hydrogens (tertiary/aromatic N) is 1. The molecule has 3 heteroatoms. The molecule has 0 radical (unpaired) electrons. The SMILES string of the molecule is c1ccc2c(c1)CC(CCNC1=NCCCN1)C2. The Labute approximate surface area is 109 Å². The largest absolute Gasteiger partial charge is 0.356 e. The molecule has 3 nitrogen and oxygen atoms in total. The second-order valence-corrected chi connectivity index (χ2v) is 5.27. The molecule has 0 bridgehead atoms. The van der Waals surface area contributed by atoms with Crippen LogP contribution in [0.5, 0.6) is 0 Å².